The van der Waals surface area contributed by atoms with E-state index < -0.39 is 0 Å². The summed E-state index contributed by atoms with van der Waals surface area (Å²) in [6.45, 7) is 9.64. The van der Waals surface area contributed by atoms with E-state index in [1.165, 1.54) is 0 Å². The van der Waals surface area contributed by atoms with Crippen molar-refractivity contribution in [2.75, 3.05) is 0 Å². The molecule has 17 heavy (non-hydrogen) atoms. The van der Waals surface area contributed by atoms with Gasteiger partial charge in [-0.2, -0.15) is 0 Å². The molecule has 0 heterocycles. The first kappa shape index (κ1) is 11.8. The Kier molecular flexibility index (Phi) is 2.97. The van der Waals surface area contributed by atoms with Gasteiger partial charge in [-0.05, 0) is 28.8 Å². The first-order valence-electron chi connectivity index (χ1n) is 5.45. The van der Waals surface area contributed by atoms with Crippen LogP contribution in [0.3, 0.4) is 0 Å². The highest BCUT2D eigenvalue weighted by atomic mass is 14.1. The van der Waals surface area contributed by atoms with Gasteiger partial charge in [-0.25, -0.2) is 0 Å². The van der Waals surface area contributed by atoms with Crippen LogP contribution in [0.15, 0.2) is 31.4 Å². The second-order valence-electron chi connectivity index (χ2n) is 4.12. The molecular formula is C15H12B2. The minimum absolute atomic E-state index is 0.722. The summed E-state index contributed by atoms with van der Waals surface area (Å²) in [7, 11) is 11.9. The first-order valence-corrected chi connectivity index (χ1v) is 5.45. The zero-order valence-electron chi connectivity index (χ0n) is 9.96. The lowest BCUT2D eigenvalue weighted by Crippen LogP contribution is -2.11. The van der Waals surface area contributed by atoms with Gasteiger partial charge < -0.3 is 0 Å². The standard InChI is InChI=1S/C15H12B2/c1-4-10-6-11(16)7-14-12(5-2)9(3)15(17)8-13(10)14/h4-8H,1-2H2,3H3. The fourth-order valence-electron chi connectivity index (χ4n) is 2.14. The lowest BCUT2D eigenvalue weighted by atomic mass is 9.81. The third-order valence-corrected chi connectivity index (χ3v) is 3.09. The molecule has 0 saturated carbocycles. The molecule has 0 N–H and O–H groups in total. The average Bonchev–Trinajstić information content (AvgIpc) is 2.31. The van der Waals surface area contributed by atoms with Gasteiger partial charge in [0.15, 0.2) is 0 Å². The number of rotatable bonds is 2. The first-order chi connectivity index (χ1) is 8.08. The van der Waals surface area contributed by atoms with Crippen LogP contribution in [0, 0.1) is 6.92 Å². The molecule has 0 atom stereocenters. The lowest BCUT2D eigenvalue weighted by Gasteiger charge is -2.13. The molecule has 0 nitrogen and oxygen atoms in total. The molecule has 0 fully saturated rings. The van der Waals surface area contributed by atoms with Crippen LogP contribution in [0.25, 0.3) is 22.9 Å². The van der Waals surface area contributed by atoms with Crippen molar-refractivity contribution >= 4 is 49.5 Å². The molecule has 0 aromatic heterocycles. The molecule has 78 valence electrons. The zero-order valence-corrected chi connectivity index (χ0v) is 9.96. The SMILES string of the molecule is [B]c1cc(C=C)c2cc([B])c(C)c(C=C)c2c1. The maximum Gasteiger partial charge on any atom is 0.114 e. The summed E-state index contributed by atoms with van der Waals surface area (Å²) in [4.78, 5) is 0. The van der Waals surface area contributed by atoms with Crippen molar-refractivity contribution in [2.24, 2.45) is 0 Å². The summed E-state index contributed by atoms with van der Waals surface area (Å²) in [5, 5.41) is 2.13. The van der Waals surface area contributed by atoms with Crippen molar-refractivity contribution in [2.45, 2.75) is 6.92 Å². The monoisotopic (exact) mass is 214 g/mol. The maximum absolute atomic E-state index is 6.01. The zero-order chi connectivity index (χ0) is 12.6. The van der Waals surface area contributed by atoms with Gasteiger partial charge >= 0.3 is 0 Å². The molecule has 2 aromatic rings. The van der Waals surface area contributed by atoms with Crippen LogP contribution in [0.2, 0.25) is 0 Å². The van der Waals surface area contributed by atoms with E-state index in [1.807, 2.05) is 31.2 Å². The molecule has 0 aliphatic rings. The summed E-state index contributed by atoms with van der Waals surface area (Å²) < 4.78 is 0. The van der Waals surface area contributed by atoms with E-state index in [-0.39, 0.29) is 0 Å². The van der Waals surface area contributed by atoms with E-state index in [2.05, 4.69) is 13.2 Å². The normalized spacial score (nSPS) is 10.4. The summed E-state index contributed by atoms with van der Waals surface area (Å²) in [6, 6.07) is 5.82. The fraction of sp³-hybridized carbons (Fsp3) is 0.0667. The Bertz CT molecular complexity index is 625. The van der Waals surface area contributed by atoms with Gasteiger partial charge in [0.25, 0.3) is 0 Å². The van der Waals surface area contributed by atoms with Crippen molar-refractivity contribution in [3.05, 3.63) is 48.0 Å². The minimum atomic E-state index is 0.722. The smallest absolute Gasteiger partial charge is 0.0984 e. The number of hydrogen-bond acceptors (Lipinski definition) is 0. The van der Waals surface area contributed by atoms with Gasteiger partial charge in [-0.3, -0.25) is 0 Å². The van der Waals surface area contributed by atoms with Gasteiger partial charge in [0.2, 0.25) is 0 Å². The molecular weight excluding hydrogens is 202 g/mol. The van der Waals surface area contributed by atoms with E-state index in [1.54, 1.807) is 6.08 Å². The molecule has 2 heteroatoms. The van der Waals surface area contributed by atoms with Crippen LogP contribution in [0.4, 0.5) is 0 Å². The second kappa shape index (κ2) is 4.29. The van der Waals surface area contributed by atoms with Crippen LogP contribution in [0.1, 0.15) is 16.7 Å². The summed E-state index contributed by atoms with van der Waals surface area (Å²) in [6.07, 6.45) is 3.61. The predicted octanol–water partition coefficient (Wildman–Crippen LogP) is 2.02. The molecule has 2 rings (SSSR count). The van der Waals surface area contributed by atoms with Gasteiger partial charge in [0, 0.05) is 0 Å². The number of benzene rings is 2. The van der Waals surface area contributed by atoms with E-state index in [9.17, 15) is 0 Å². The molecule has 4 radical (unpaired) electrons. The van der Waals surface area contributed by atoms with Crippen LogP contribution in [0.5, 0.6) is 0 Å². The summed E-state index contributed by atoms with van der Waals surface area (Å²) in [5.41, 5.74) is 4.55. The number of hydrogen-bond donors (Lipinski definition) is 0. The van der Waals surface area contributed by atoms with E-state index in [0.29, 0.717) is 0 Å². The van der Waals surface area contributed by atoms with E-state index in [0.717, 1.165) is 38.4 Å². The topological polar surface area (TPSA) is 0 Å². The van der Waals surface area contributed by atoms with E-state index >= 15 is 0 Å². The minimum Gasteiger partial charge on any atom is -0.0984 e. The summed E-state index contributed by atoms with van der Waals surface area (Å²) in [5.74, 6) is 0. The average molecular weight is 214 g/mol. The van der Waals surface area contributed by atoms with Crippen molar-refractivity contribution in [1.82, 2.24) is 0 Å². The Morgan fingerprint density at radius 2 is 1.71 bits per heavy atom. The largest absolute Gasteiger partial charge is 0.114 e. The highest BCUT2D eigenvalue weighted by Gasteiger charge is 2.07. The third kappa shape index (κ3) is 1.84. The molecule has 0 unspecified atom stereocenters. The van der Waals surface area contributed by atoms with Crippen LogP contribution in [-0.2, 0) is 0 Å². The van der Waals surface area contributed by atoms with Gasteiger partial charge in [-0.15, -0.1) is 0 Å². The van der Waals surface area contributed by atoms with Crippen molar-refractivity contribution < 1.29 is 0 Å². The molecule has 0 amide bonds. The summed E-state index contributed by atoms with van der Waals surface area (Å²) >= 11 is 0. The Balaban J connectivity index is 3.04. The Morgan fingerprint density at radius 1 is 1.00 bits per heavy atom. The highest BCUT2D eigenvalue weighted by Crippen LogP contribution is 2.24. The molecule has 0 spiro atoms. The molecule has 0 saturated heterocycles. The van der Waals surface area contributed by atoms with Gasteiger partial charge in [0.05, 0.1) is 0 Å². The fourth-order valence-corrected chi connectivity index (χ4v) is 2.14. The van der Waals surface area contributed by atoms with Crippen molar-refractivity contribution in [3.8, 4) is 0 Å². The van der Waals surface area contributed by atoms with Gasteiger partial charge in [0.1, 0.15) is 15.7 Å². The van der Waals surface area contributed by atoms with Crippen LogP contribution < -0.4 is 10.9 Å². The lowest BCUT2D eigenvalue weighted by molar-refractivity contribution is 1.52. The third-order valence-electron chi connectivity index (χ3n) is 3.09. The molecule has 0 bridgehead atoms. The molecule has 0 aliphatic carbocycles. The predicted molar refractivity (Wildman–Crippen MR) is 79.6 cm³/mol. The number of fused-ring (bicyclic) bond motifs is 1. The quantitative estimate of drug-likeness (QED) is 0.670. The van der Waals surface area contributed by atoms with Gasteiger partial charge in [-0.1, -0.05) is 60.0 Å². The molecule has 2 aromatic carbocycles. The van der Waals surface area contributed by atoms with Crippen molar-refractivity contribution in [1.29, 1.82) is 0 Å². The van der Waals surface area contributed by atoms with E-state index in [4.69, 9.17) is 15.7 Å². The molecule has 0 aliphatic heterocycles. The maximum atomic E-state index is 6.01. The second-order valence-corrected chi connectivity index (χ2v) is 4.12. The highest BCUT2D eigenvalue weighted by molar-refractivity contribution is 6.36. The van der Waals surface area contributed by atoms with Crippen molar-refractivity contribution in [3.63, 3.8) is 0 Å². The Labute approximate surface area is 105 Å². The van der Waals surface area contributed by atoms with Crippen LogP contribution >= 0.6 is 0 Å². The van der Waals surface area contributed by atoms with Crippen LogP contribution in [-0.4, -0.2) is 15.7 Å². The Hall–Kier alpha value is -1.69. The Morgan fingerprint density at radius 3 is 2.29 bits per heavy atom.